The molecule has 1 N–H and O–H groups in total. The Hall–Kier alpha value is -2.57. The highest BCUT2D eigenvalue weighted by Crippen LogP contribution is 2.40. The number of anilines is 1. The molecule has 2 aliphatic rings. The van der Waals surface area contributed by atoms with Crippen LogP contribution < -0.4 is 5.32 Å². The number of piperazine rings is 1. The summed E-state index contributed by atoms with van der Waals surface area (Å²) in [6.45, 7) is 3.92. The van der Waals surface area contributed by atoms with Crippen LogP contribution in [0.25, 0.3) is 0 Å². The third kappa shape index (κ3) is 3.92. The van der Waals surface area contributed by atoms with Crippen LogP contribution >= 0.6 is 0 Å². The monoisotopic (exact) mass is 345 g/mol. The summed E-state index contributed by atoms with van der Waals surface area (Å²) in [5.74, 6) is -0.857. The van der Waals surface area contributed by atoms with Crippen LogP contribution in [0.2, 0.25) is 0 Å². The lowest BCUT2D eigenvalue weighted by Gasteiger charge is -2.35. The van der Waals surface area contributed by atoms with Gasteiger partial charge in [0, 0.05) is 31.9 Å². The zero-order valence-electron chi connectivity index (χ0n) is 14.5. The average molecular weight is 345 g/mol. The van der Waals surface area contributed by atoms with Crippen molar-refractivity contribution in [3.05, 3.63) is 29.8 Å². The van der Waals surface area contributed by atoms with E-state index in [4.69, 9.17) is 0 Å². The van der Waals surface area contributed by atoms with Crippen molar-refractivity contribution in [1.29, 1.82) is 0 Å². The molecule has 2 fully saturated rings. The van der Waals surface area contributed by atoms with Gasteiger partial charge in [0.05, 0.1) is 18.9 Å². The van der Waals surface area contributed by atoms with Crippen molar-refractivity contribution >= 4 is 23.6 Å². The van der Waals surface area contributed by atoms with Crippen molar-refractivity contribution in [3.63, 3.8) is 0 Å². The number of nitrogens with zero attached hydrogens (tertiary/aromatic N) is 2. The Kier molecular flexibility index (Phi) is 4.92. The molecule has 0 radical (unpaired) electrons. The van der Waals surface area contributed by atoms with Gasteiger partial charge in [-0.2, -0.15) is 0 Å². The van der Waals surface area contributed by atoms with E-state index in [9.17, 15) is 14.4 Å². The number of nitrogens with one attached hydrogen (secondary N) is 1. The number of hydrogen-bond donors (Lipinski definition) is 1. The molecule has 1 saturated heterocycles. The van der Waals surface area contributed by atoms with E-state index in [1.54, 1.807) is 9.80 Å². The Bertz CT molecular complexity index is 683. The van der Waals surface area contributed by atoms with E-state index in [1.165, 1.54) is 7.11 Å². The number of amides is 3. The van der Waals surface area contributed by atoms with Gasteiger partial charge < -0.3 is 19.9 Å². The number of esters is 1. The van der Waals surface area contributed by atoms with Crippen molar-refractivity contribution < 1.29 is 19.1 Å². The van der Waals surface area contributed by atoms with Gasteiger partial charge in [0.25, 0.3) is 0 Å². The van der Waals surface area contributed by atoms with Gasteiger partial charge in [-0.15, -0.1) is 0 Å². The van der Waals surface area contributed by atoms with E-state index in [1.807, 2.05) is 31.2 Å². The van der Waals surface area contributed by atoms with Gasteiger partial charge in [0.15, 0.2) is 0 Å². The first-order chi connectivity index (χ1) is 12.0. The number of carbonyl (C=O) groups is 3. The Labute approximate surface area is 146 Å². The van der Waals surface area contributed by atoms with Gasteiger partial charge in [0.1, 0.15) is 0 Å². The quantitative estimate of drug-likeness (QED) is 0.842. The second-order valence-electron chi connectivity index (χ2n) is 6.58. The summed E-state index contributed by atoms with van der Waals surface area (Å²) in [6.07, 6.45) is 0.569. The molecular weight excluding hydrogens is 322 g/mol. The molecule has 0 bridgehead atoms. The number of rotatable bonds is 3. The lowest BCUT2D eigenvalue weighted by atomic mass is 10.2. The second-order valence-corrected chi connectivity index (χ2v) is 6.58. The minimum atomic E-state index is -0.311. The predicted octanol–water partition coefficient (Wildman–Crippen LogP) is 1.48. The van der Waals surface area contributed by atoms with Gasteiger partial charge in [-0.05, 0) is 31.0 Å². The van der Waals surface area contributed by atoms with Crippen LogP contribution in [0.1, 0.15) is 12.0 Å². The number of methoxy groups -OCH3 is 1. The standard InChI is InChI=1S/C18H23N3O4/c1-12-4-3-5-13(10-12)19-18(24)21-8-6-20(7-9-21)16(22)14-11-15(14)17(23)25-2/h3-5,10,14-15H,6-9,11H2,1-2H3,(H,19,24)/t14-,15+/m1/s1. The fraction of sp³-hybridized carbons (Fsp3) is 0.500. The Morgan fingerprint density at radius 2 is 1.76 bits per heavy atom. The average Bonchev–Trinajstić information content (AvgIpc) is 3.41. The summed E-state index contributed by atoms with van der Waals surface area (Å²) >= 11 is 0. The maximum absolute atomic E-state index is 12.4. The van der Waals surface area contributed by atoms with Crippen LogP contribution in [-0.2, 0) is 14.3 Å². The molecule has 134 valence electrons. The molecule has 2 atom stereocenters. The highest BCUT2D eigenvalue weighted by molar-refractivity contribution is 5.91. The SMILES string of the molecule is COC(=O)[C@H]1C[C@H]1C(=O)N1CCN(C(=O)Nc2cccc(C)c2)CC1. The molecular formula is C18H23N3O4. The summed E-state index contributed by atoms with van der Waals surface area (Å²) in [6, 6.07) is 7.48. The van der Waals surface area contributed by atoms with Crippen LogP contribution in [0.15, 0.2) is 24.3 Å². The molecule has 1 saturated carbocycles. The maximum atomic E-state index is 12.4. The van der Waals surface area contributed by atoms with Crippen LogP contribution in [0, 0.1) is 18.8 Å². The number of benzene rings is 1. The molecule has 1 aliphatic carbocycles. The number of hydrogen-bond acceptors (Lipinski definition) is 4. The molecule has 1 aromatic carbocycles. The van der Waals surface area contributed by atoms with Crippen molar-refractivity contribution in [3.8, 4) is 0 Å². The molecule has 0 unspecified atom stereocenters. The fourth-order valence-corrected chi connectivity index (χ4v) is 3.17. The summed E-state index contributed by atoms with van der Waals surface area (Å²) in [5, 5.41) is 2.88. The number of ether oxygens (including phenoxy) is 1. The zero-order chi connectivity index (χ0) is 18.0. The normalized spacial score (nSPS) is 22.3. The zero-order valence-corrected chi connectivity index (χ0v) is 14.5. The smallest absolute Gasteiger partial charge is 0.321 e. The number of urea groups is 1. The molecule has 1 heterocycles. The van der Waals surface area contributed by atoms with E-state index in [2.05, 4.69) is 10.1 Å². The Morgan fingerprint density at radius 1 is 1.08 bits per heavy atom. The molecule has 0 spiro atoms. The van der Waals surface area contributed by atoms with Gasteiger partial charge in [-0.3, -0.25) is 9.59 Å². The van der Waals surface area contributed by atoms with Crippen molar-refractivity contribution in [2.24, 2.45) is 11.8 Å². The fourth-order valence-electron chi connectivity index (χ4n) is 3.17. The van der Waals surface area contributed by atoms with E-state index >= 15 is 0 Å². The van der Waals surface area contributed by atoms with Gasteiger partial charge >= 0.3 is 12.0 Å². The Morgan fingerprint density at radius 3 is 2.40 bits per heavy atom. The van der Waals surface area contributed by atoms with E-state index in [0.717, 1.165) is 11.3 Å². The first-order valence-electron chi connectivity index (χ1n) is 8.49. The lowest BCUT2D eigenvalue weighted by molar-refractivity contribution is -0.145. The van der Waals surface area contributed by atoms with Crippen LogP contribution in [-0.4, -0.2) is 61.0 Å². The second kappa shape index (κ2) is 7.13. The Balaban J connectivity index is 1.48. The van der Waals surface area contributed by atoms with Gasteiger partial charge in [0.2, 0.25) is 5.91 Å². The van der Waals surface area contributed by atoms with Gasteiger partial charge in [-0.1, -0.05) is 12.1 Å². The minimum absolute atomic E-state index is 0.00542. The molecule has 7 heteroatoms. The maximum Gasteiger partial charge on any atom is 0.321 e. The third-order valence-electron chi connectivity index (χ3n) is 4.76. The number of carbonyl (C=O) groups excluding carboxylic acids is 3. The van der Waals surface area contributed by atoms with E-state index < -0.39 is 0 Å². The summed E-state index contributed by atoms with van der Waals surface area (Å²) in [4.78, 5) is 39.6. The molecule has 3 rings (SSSR count). The molecule has 7 nitrogen and oxygen atoms in total. The van der Waals surface area contributed by atoms with Crippen LogP contribution in [0.4, 0.5) is 10.5 Å². The van der Waals surface area contributed by atoms with E-state index in [0.29, 0.717) is 32.6 Å². The first kappa shape index (κ1) is 17.3. The van der Waals surface area contributed by atoms with Crippen LogP contribution in [0.5, 0.6) is 0 Å². The molecule has 1 aromatic rings. The highest BCUT2D eigenvalue weighted by Gasteiger charge is 2.50. The lowest BCUT2D eigenvalue weighted by Crippen LogP contribution is -2.52. The summed E-state index contributed by atoms with van der Waals surface area (Å²) in [5.41, 5.74) is 1.85. The van der Waals surface area contributed by atoms with Gasteiger partial charge in [-0.25, -0.2) is 4.79 Å². The molecule has 25 heavy (non-hydrogen) atoms. The largest absolute Gasteiger partial charge is 0.469 e. The summed E-state index contributed by atoms with van der Waals surface area (Å²) < 4.78 is 4.68. The highest BCUT2D eigenvalue weighted by atomic mass is 16.5. The van der Waals surface area contributed by atoms with E-state index in [-0.39, 0.29) is 29.7 Å². The minimum Gasteiger partial charge on any atom is -0.469 e. The predicted molar refractivity (Wildman–Crippen MR) is 92.0 cm³/mol. The first-order valence-corrected chi connectivity index (χ1v) is 8.49. The molecule has 0 aromatic heterocycles. The van der Waals surface area contributed by atoms with Crippen molar-refractivity contribution in [1.82, 2.24) is 9.80 Å². The summed E-state index contributed by atoms with van der Waals surface area (Å²) in [7, 11) is 1.34. The van der Waals surface area contributed by atoms with Crippen molar-refractivity contribution in [2.75, 3.05) is 38.6 Å². The number of aryl methyl sites for hydroxylation is 1. The van der Waals surface area contributed by atoms with Crippen LogP contribution in [0.3, 0.4) is 0 Å². The molecule has 1 aliphatic heterocycles. The molecule has 3 amide bonds. The third-order valence-corrected chi connectivity index (χ3v) is 4.76. The topological polar surface area (TPSA) is 79.0 Å². The van der Waals surface area contributed by atoms with Crippen molar-refractivity contribution in [2.45, 2.75) is 13.3 Å².